The minimum Gasteiger partial charge on any atom is -0.502 e. The Morgan fingerprint density at radius 1 is 0.840 bits per heavy atom. The Morgan fingerprint density at radius 3 is 1.80 bits per heavy atom. The number of phenols is 1. The van der Waals surface area contributed by atoms with Crippen molar-refractivity contribution in [1.29, 1.82) is 0 Å². The first-order chi connectivity index (χ1) is 12.1. The minimum absolute atomic E-state index is 0.329. The number of nitrogens with zero attached hydrogens (tertiary/aromatic N) is 1. The smallest absolute Gasteiger partial charge is 0.312 e. The summed E-state index contributed by atoms with van der Waals surface area (Å²) < 4.78 is 0. The number of hydrogen-bond acceptors (Lipinski definition) is 5. The van der Waals surface area contributed by atoms with Gasteiger partial charge in [-0.05, 0) is 0 Å². The van der Waals surface area contributed by atoms with Crippen molar-refractivity contribution < 1.29 is 10.0 Å². The first-order valence-electron chi connectivity index (χ1n) is 7.79. The Bertz CT molecular complexity index is 903. The standard InChI is InChI=1S/C19H15N3O3/c23-18-12-16-15(11-17(18)22(24)25)20-19(21-16,13-7-3-1-4-8-13)14-9-5-2-6-10-14/h1-12,20-21,23H. The van der Waals surface area contributed by atoms with Crippen LogP contribution in [-0.2, 0) is 5.66 Å². The first kappa shape index (κ1) is 15.0. The van der Waals surface area contributed by atoms with Crippen LogP contribution in [0.1, 0.15) is 11.1 Å². The second-order valence-corrected chi connectivity index (χ2v) is 5.88. The van der Waals surface area contributed by atoms with Crippen LogP contribution >= 0.6 is 0 Å². The summed E-state index contributed by atoms with van der Waals surface area (Å²) in [7, 11) is 0. The highest BCUT2D eigenvalue weighted by Crippen LogP contribution is 2.47. The molecule has 0 radical (unpaired) electrons. The Kier molecular flexibility index (Phi) is 3.32. The highest BCUT2D eigenvalue weighted by molar-refractivity contribution is 5.83. The molecule has 0 saturated carbocycles. The lowest BCUT2D eigenvalue weighted by Gasteiger charge is -2.32. The summed E-state index contributed by atoms with van der Waals surface area (Å²) >= 11 is 0. The molecule has 1 aliphatic rings. The van der Waals surface area contributed by atoms with Crippen LogP contribution in [0.5, 0.6) is 5.75 Å². The van der Waals surface area contributed by atoms with E-state index in [1.807, 2.05) is 60.7 Å². The number of rotatable bonds is 3. The lowest BCUT2D eigenvalue weighted by Crippen LogP contribution is -2.39. The van der Waals surface area contributed by atoms with Crippen molar-refractivity contribution in [2.75, 3.05) is 10.6 Å². The SMILES string of the molecule is O=[N+]([O-])c1cc2c(cc1O)NC(c1ccccc1)(c1ccccc1)N2. The molecule has 3 aromatic rings. The number of hydrogen-bond donors (Lipinski definition) is 3. The Balaban J connectivity index is 1.89. The average Bonchev–Trinajstić information content (AvgIpc) is 3.02. The van der Waals surface area contributed by atoms with Gasteiger partial charge >= 0.3 is 5.69 Å². The van der Waals surface area contributed by atoms with Gasteiger partial charge in [0, 0.05) is 23.3 Å². The molecule has 0 saturated heterocycles. The number of benzene rings is 3. The quantitative estimate of drug-likeness (QED) is 0.382. The van der Waals surface area contributed by atoms with Crippen LogP contribution in [0.2, 0.25) is 0 Å². The molecule has 0 unspecified atom stereocenters. The molecular weight excluding hydrogens is 318 g/mol. The second-order valence-electron chi connectivity index (χ2n) is 5.88. The lowest BCUT2D eigenvalue weighted by molar-refractivity contribution is -0.385. The molecule has 6 nitrogen and oxygen atoms in total. The molecule has 4 rings (SSSR count). The summed E-state index contributed by atoms with van der Waals surface area (Å²) in [6, 6.07) is 22.3. The summed E-state index contributed by atoms with van der Waals surface area (Å²) in [5, 5.41) is 27.8. The van der Waals surface area contributed by atoms with E-state index in [0.29, 0.717) is 11.4 Å². The largest absolute Gasteiger partial charge is 0.502 e. The van der Waals surface area contributed by atoms with Crippen LogP contribution in [0.3, 0.4) is 0 Å². The molecule has 6 heteroatoms. The number of nitro groups is 1. The number of phenolic OH excluding ortho intramolecular Hbond substituents is 1. The summed E-state index contributed by atoms with van der Waals surface area (Å²) in [6.45, 7) is 0. The number of nitrogens with one attached hydrogen (secondary N) is 2. The van der Waals surface area contributed by atoms with E-state index in [4.69, 9.17) is 0 Å². The molecule has 25 heavy (non-hydrogen) atoms. The van der Waals surface area contributed by atoms with Crippen LogP contribution in [0.4, 0.5) is 17.1 Å². The van der Waals surface area contributed by atoms with E-state index < -0.39 is 10.6 Å². The number of nitro benzene ring substituents is 1. The van der Waals surface area contributed by atoms with E-state index in [-0.39, 0.29) is 11.4 Å². The third-order valence-electron chi connectivity index (χ3n) is 4.37. The molecule has 0 spiro atoms. The molecule has 3 aromatic carbocycles. The van der Waals surface area contributed by atoms with Crippen LogP contribution in [0.15, 0.2) is 72.8 Å². The van der Waals surface area contributed by atoms with Gasteiger partial charge in [-0.2, -0.15) is 0 Å². The van der Waals surface area contributed by atoms with E-state index in [9.17, 15) is 15.2 Å². The zero-order valence-corrected chi connectivity index (χ0v) is 13.1. The van der Waals surface area contributed by atoms with Gasteiger partial charge in [-0.1, -0.05) is 60.7 Å². The van der Waals surface area contributed by atoms with Gasteiger partial charge in [-0.25, -0.2) is 0 Å². The molecule has 0 aromatic heterocycles. The van der Waals surface area contributed by atoms with Gasteiger partial charge in [0.05, 0.1) is 16.3 Å². The molecule has 0 fully saturated rings. The Labute approximate surface area is 143 Å². The van der Waals surface area contributed by atoms with Gasteiger partial charge in [-0.15, -0.1) is 0 Å². The van der Waals surface area contributed by atoms with Crippen molar-refractivity contribution in [2.45, 2.75) is 5.66 Å². The fourth-order valence-electron chi connectivity index (χ4n) is 3.20. The van der Waals surface area contributed by atoms with Crippen LogP contribution in [0, 0.1) is 10.1 Å². The number of aromatic hydroxyl groups is 1. The highest BCUT2D eigenvalue weighted by atomic mass is 16.6. The number of anilines is 2. The molecular formula is C19H15N3O3. The maximum absolute atomic E-state index is 11.1. The van der Waals surface area contributed by atoms with E-state index in [1.54, 1.807) is 0 Å². The fraction of sp³-hybridized carbons (Fsp3) is 0.0526. The van der Waals surface area contributed by atoms with Gasteiger partial charge in [-0.3, -0.25) is 10.1 Å². The Morgan fingerprint density at radius 2 is 1.32 bits per heavy atom. The summed E-state index contributed by atoms with van der Waals surface area (Å²) in [5.41, 5.74) is 1.99. The summed E-state index contributed by atoms with van der Waals surface area (Å²) in [4.78, 5) is 10.5. The van der Waals surface area contributed by atoms with Gasteiger partial charge in [0.1, 0.15) is 0 Å². The minimum atomic E-state index is -0.771. The van der Waals surface area contributed by atoms with E-state index in [1.165, 1.54) is 12.1 Å². The van der Waals surface area contributed by atoms with Gasteiger partial charge in [0.2, 0.25) is 0 Å². The van der Waals surface area contributed by atoms with Crippen molar-refractivity contribution in [3.63, 3.8) is 0 Å². The topological polar surface area (TPSA) is 87.4 Å². The van der Waals surface area contributed by atoms with Crippen LogP contribution < -0.4 is 10.6 Å². The molecule has 0 atom stereocenters. The average molecular weight is 333 g/mol. The molecule has 0 amide bonds. The predicted molar refractivity (Wildman–Crippen MR) is 95.7 cm³/mol. The van der Waals surface area contributed by atoms with Crippen molar-refractivity contribution in [1.82, 2.24) is 0 Å². The van der Waals surface area contributed by atoms with E-state index in [0.717, 1.165) is 11.1 Å². The summed E-state index contributed by atoms with van der Waals surface area (Å²) in [6.07, 6.45) is 0. The molecule has 124 valence electrons. The third kappa shape index (κ3) is 2.35. The first-order valence-corrected chi connectivity index (χ1v) is 7.79. The molecule has 0 bridgehead atoms. The zero-order chi connectivity index (χ0) is 17.4. The van der Waals surface area contributed by atoms with E-state index in [2.05, 4.69) is 10.6 Å². The van der Waals surface area contributed by atoms with Crippen molar-refractivity contribution in [2.24, 2.45) is 0 Å². The maximum atomic E-state index is 11.1. The third-order valence-corrected chi connectivity index (χ3v) is 4.37. The van der Waals surface area contributed by atoms with Gasteiger partial charge in [0.15, 0.2) is 11.4 Å². The maximum Gasteiger partial charge on any atom is 0.312 e. The Hall–Kier alpha value is -3.54. The molecule has 1 heterocycles. The van der Waals surface area contributed by atoms with Gasteiger partial charge < -0.3 is 15.7 Å². The monoisotopic (exact) mass is 333 g/mol. The van der Waals surface area contributed by atoms with Gasteiger partial charge in [0.25, 0.3) is 0 Å². The fourth-order valence-corrected chi connectivity index (χ4v) is 3.20. The molecule has 1 aliphatic heterocycles. The van der Waals surface area contributed by atoms with Crippen molar-refractivity contribution >= 4 is 17.1 Å². The predicted octanol–water partition coefficient (Wildman–Crippen LogP) is 4.04. The summed E-state index contributed by atoms with van der Waals surface area (Å²) in [5.74, 6) is -0.366. The normalized spacial score (nSPS) is 14.2. The van der Waals surface area contributed by atoms with Crippen LogP contribution in [0.25, 0.3) is 0 Å². The lowest BCUT2D eigenvalue weighted by atomic mass is 9.92. The van der Waals surface area contributed by atoms with Crippen molar-refractivity contribution in [3.05, 3.63) is 94.0 Å². The second kappa shape index (κ2) is 5.52. The molecule has 3 N–H and O–H groups in total. The van der Waals surface area contributed by atoms with E-state index >= 15 is 0 Å². The highest BCUT2D eigenvalue weighted by Gasteiger charge is 2.40. The van der Waals surface area contributed by atoms with Crippen LogP contribution in [-0.4, -0.2) is 10.0 Å². The zero-order valence-electron chi connectivity index (χ0n) is 13.1. The number of fused-ring (bicyclic) bond motifs is 1. The molecule has 0 aliphatic carbocycles. The van der Waals surface area contributed by atoms with Crippen molar-refractivity contribution in [3.8, 4) is 5.75 Å².